The second-order valence-electron chi connectivity index (χ2n) is 5.07. The average molecular weight is 280 g/mol. The smallest absolute Gasteiger partial charge is 0.309 e. The zero-order valence-corrected chi connectivity index (χ0v) is 11.3. The molecule has 1 aliphatic carbocycles. The van der Waals surface area contributed by atoms with E-state index in [0.717, 1.165) is 25.7 Å². The van der Waals surface area contributed by atoms with Gasteiger partial charge in [0.05, 0.1) is 18.6 Å². The van der Waals surface area contributed by atoms with Crippen LogP contribution in [-0.2, 0) is 9.59 Å². The zero-order chi connectivity index (χ0) is 14.4. The van der Waals surface area contributed by atoms with Gasteiger partial charge in [0.1, 0.15) is 0 Å². The number of aliphatic hydroxyl groups is 1. The molecule has 0 bridgehead atoms. The molecule has 3 N–H and O–H groups in total. The van der Waals surface area contributed by atoms with Crippen LogP contribution < -0.4 is 10.6 Å². The van der Waals surface area contributed by atoms with E-state index in [1.54, 1.807) is 6.07 Å². The van der Waals surface area contributed by atoms with Crippen LogP contribution in [0.25, 0.3) is 0 Å². The minimum Gasteiger partial charge on any atom is -0.472 e. The van der Waals surface area contributed by atoms with Gasteiger partial charge in [0.2, 0.25) is 0 Å². The van der Waals surface area contributed by atoms with Gasteiger partial charge >= 0.3 is 11.8 Å². The van der Waals surface area contributed by atoms with Gasteiger partial charge in [-0.25, -0.2) is 0 Å². The van der Waals surface area contributed by atoms with E-state index in [-0.39, 0.29) is 12.6 Å². The van der Waals surface area contributed by atoms with Crippen LogP contribution in [0, 0.1) is 0 Å². The fourth-order valence-electron chi connectivity index (χ4n) is 2.36. The van der Waals surface area contributed by atoms with Gasteiger partial charge in [-0.2, -0.15) is 0 Å². The molecule has 1 aromatic heterocycles. The Hall–Kier alpha value is -1.82. The fraction of sp³-hybridized carbons (Fsp3) is 0.571. The predicted molar refractivity (Wildman–Crippen MR) is 71.7 cm³/mol. The monoisotopic (exact) mass is 280 g/mol. The SMILES string of the molecule is O=C(NCCC(O)c1ccoc1)C(=O)NC1CCCC1. The molecule has 110 valence electrons. The van der Waals surface area contributed by atoms with Crippen molar-refractivity contribution < 1.29 is 19.1 Å². The molecule has 1 fully saturated rings. The van der Waals surface area contributed by atoms with Gasteiger partial charge in [-0.3, -0.25) is 9.59 Å². The summed E-state index contributed by atoms with van der Waals surface area (Å²) >= 11 is 0. The third kappa shape index (κ3) is 4.09. The molecule has 1 atom stereocenters. The summed E-state index contributed by atoms with van der Waals surface area (Å²) in [6.45, 7) is 0.239. The van der Waals surface area contributed by atoms with E-state index in [0.29, 0.717) is 12.0 Å². The molecule has 0 radical (unpaired) electrons. The highest BCUT2D eigenvalue weighted by Gasteiger charge is 2.21. The Kier molecular flexibility index (Phi) is 5.17. The Bertz CT molecular complexity index is 438. The average Bonchev–Trinajstić information content (AvgIpc) is 3.11. The van der Waals surface area contributed by atoms with Crippen molar-refractivity contribution in [3.05, 3.63) is 24.2 Å². The van der Waals surface area contributed by atoms with E-state index >= 15 is 0 Å². The first-order valence-electron chi connectivity index (χ1n) is 6.95. The van der Waals surface area contributed by atoms with Crippen LogP contribution >= 0.6 is 0 Å². The van der Waals surface area contributed by atoms with E-state index in [1.807, 2.05) is 0 Å². The maximum Gasteiger partial charge on any atom is 0.309 e. The summed E-state index contributed by atoms with van der Waals surface area (Å²) in [5.74, 6) is -1.23. The molecule has 6 heteroatoms. The van der Waals surface area contributed by atoms with Crippen molar-refractivity contribution in [2.75, 3.05) is 6.54 Å². The van der Waals surface area contributed by atoms with Gasteiger partial charge in [0.25, 0.3) is 0 Å². The number of rotatable bonds is 5. The number of hydrogen-bond acceptors (Lipinski definition) is 4. The highest BCUT2D eigenvalue weighted by Crippen LogP contribution is 2.17. The van der Waals surface area contributed by atoms with Gasteiger partial charge < -0.3 is 20.2 Å². The van der Waals surface area contributed by atoms with E-state index in [1.165, 1.54) is 12.5 Å². The second-order valence-corrected chi connectivity index (χ2v) is 5.07. The van der Waals surface area contributed by atoms with Crippen LogP contribution in [0.15, 0.2) is 23.0 Å². The summed E-state index contributed by atoms with van der Waals surface area (Å²) in [5, 5.41) is 15.0. The molecular formula is C14H20N2O4. The molecule has 6 nitrogen and oxygen atoms in total. The number of nitrogens with one attached hydrogen (secondary N) is 2. The lowest BCUT2D eigenvalue weighted by atomic mass is 10.1. The Balaban J connectivity index is 1.65. The zero-order valence-electron chi connectivity index (χ0n) is 11.3. The summed E-state index contributed by atoms with van der Waals surface area (Å²) in [5.41, 5.74) is 0.662. The Morgan fingerprint density at radius 3 is 2.75 bits per heavy atom. The molecule has 1 aromatic rings. The number of furan rings is 1. The molecular weight excluding hydrogens is 260 g/mol. The molecule has 2 rings (SSSR count). The number of carbonyl (C=O) groups excluding carboxylic acids is 2. The normalized spacial score (nSPS) is 16.9. The Labute approximate surface area is 117 Å². The lowest BCUT2D eigenvalue weighted by molar-refractivity contribution is -0.139. The molecule has 1 heterocycles. The largest absolute Gasteiger partial charge is 0.472 e. The molecule has 0 saturated heterocycles. The van der Waals surface area contributed by atoms with Gasteiger partial charge in [0, 0.05) is 18.2 Å². The molecule has 1 unspecified atom stereocenters. The predicted octanol–water partition coefficient (Wildman–Crippen LogP) is 0.878. The second kappa shape index (κ2) is 7.09. The van der Waals surface area contributed by atoms with Crippen LogP contribution in [-0.4, -0.2) is 29.5 Å². The third-order valence-corrected chi connectivity index (χ3v) is 3.53. The molecule has 0 aliphatic heterocycles. The van der Waals surface area contributed by atoms with Crippen molar-refractivity contribution in [1.29, 1.82) is 0 Å². The number of aliphatic hydroxyl groups excluding tert-OH is 1. The lowest BCUT2D eigenvalue weighted by Gasteiger charge is -2.12. The van der Waals surface area contributed by atoms with Crippen molar-refractivity contribution >= 4 is 11.8 Å². The van der Waals surface area contributed by atoms with Crippen LogP contribution in [0.1, 0.15) is 43.8 Å². The van der Waals surface area contributed by atoms with Crippen molar-refractivity contribution in [2.45, 2.75) is 44.2 Å². The van der Waals surface area contributed by atoms with Crippen LogP contribution in [0.2, 0.25) is 0 Å². The molecule has 1 aliphatic rings. The molecule has 2 amide bonds. The first-order valence-corrected chi connectivity index (χ1v) is 6.95. The highest BCUT2D eigenvalue weighted by atomic mass is 16.3. The Morgan fingerprint density at radius 1 is 1.35 bits per heavy atom. The van der Waals surface area contributed by atoms with Gasteiger partial charge in [-0.15, -0.1) is 0 Å². The van der Waals surface area contributed by atoms with Crippen molar-refractivity contribution in [3.63, 3.8) is 0 Å². The summed E-state index contributed by atoms with van der Waals surface area (Å²) in [6, 6.07) is 1.80. The molecule has 0 aromatic carbocycles. The Morgan fingerprint density at radius 2 is 2.10 bits per heavy atom. The number of hydrogen-bond donors (Lipinski definition) is 3. The van der Waals surface area contributed by atoms with E-state index in [4.69, 9.17) is 4.42 Å². The molecule has 0 spiro atoms. The lowest BCUT2D eigenvalue weighted by Crippen LogP contribution is -2.44. The maximum absolute atomic E-state index is 11.6. The first kappa shape index (κ1) is 14.6. The van der Waals surface area contributed by atoms with Crippen LogP contribution in [0.4, 0.5) is 0 Å². The minimum atomic E-state index is -0.702. The number of carbonyl (C=O) groups is 2. The van der Waals surface area contributed by atoms with Crippen LogP contribution in [0.5, 0.6) is 0 Å². The highest BCUT2D eigenvalue weighted by molar-refractivity contribution is 6.35. The van der Waals surface area contributed by atoms with Crippen molar-refractivity contribution in [2.24, 2.45) is 0 Å². The molecule has 1 saturated carbocycles. The van der Waals surface area contributed by atoms with Crippen molar-refractivity contribution in [3.8, 4) is 0 Å². The summed E-state index contributed by atoms with van der Waals surface area (Å²) in [6.07, 6.45) is 6.66. The van der Waals surface area contributed by atoms with Gasteiger partial charge in [-0.1, -0.05) is 12.8 Å². The first-order chi connectivity index (χ1) is 9.66. The fourth-order valence-corrected chi connectivity index (χ4v) is 2.36. The standard InChI is InChI=1S/C14H20N2O4/c17-12(10-6-8-20-9-10)5-7-15-13(18)14(19)16-11-3-1-2-4-11/h6,8-9,11-12,17H,1-5,7H2,(H,15,18)(H,16,19). The van der Waals surface area contributed by atoms with E-state index in [2.05, 4.69) is 10.6 Å². The van der Waals surface area contributed by atoms with E-state index in [9.17, 15) is 14.7 Å². The minimum absolute atomic E-state index is 0.129. The quantitative estimate of drug-likeness (QED) is 0.698. The third-order valence-electron chi connectivity index (χ3n) is 3.53. The van der Waals surface area contributed by atoms with Crippen molar-refractivity contribution in [1.82, 2.24) is 10.6 Å². The summed E-state index contributed by atoms with van der Waals surface area (Å²) in [4.78, 5) is 23.2. The summed E-state index contributed by atoms with van der Waals surface area (Å²) in [7, 11) is 0. The summed E-state index contributed by atoms with van der Waals surface area (Å²) < 4.78 is 4.86. The maximum atomic E-state index is 11.6. The molecule has 20 heavy (non-hydrogen) atoms. The topological polar surface area (TPSA) is 91.6 Å². The van der Waals surface area contributed by atoms with Gasteiger partial charge in [-0.05, 0) is 25.3 Å². The number of amides is 2. The van der Waals surface area contributed by atoms with Gasteiger partial charge in [0.15, 0.2) is 0 Å². The van der Waals surface area contributed by atoms with Crippen LogP contribution in [0.3, 0.4) is 0 Å². The van der Waals surface area contributed by atoms with E-state index < -0.39 is 17.9 Å².